The van der Waals surface area contributed by atoms with Gasteiger partial charge in [-0.3, -0.25) is 9.58 Å². The topological polar surface area (TPSA) is 63.5 Å². The van der Waals surface area contributed by atoms with E-state index in [-0.39, 0.29) is 5.97 Å². The van der Waals surface area contributed by atoms with E-state index < -0.39 is 0 Å². The maximum absolute atomic E-state index is 11.7. The van der Waals surface area contributed by atoms with Crippen molar-refractivity contribution in [1.29, 1.82) is 0 Å². The van der Waals surface area contributed by atoms with Crippen molar-refractivity contribution in [3.05, 3.63) is 41.3 Å². The molecule has 3 rings (SSSR count). The van der Waals surface area contributed by atoms with E-state index in [4.69, 9.17) is 16.3 Å². The van der Waals surface area contributed by atoms with Crippen LogP contribution in [0.5, 0.6) is 0 Å². The summed E-state index contributed by atoms with van der Waals surface area (Å²) in [5, 5.41) is 4.85. The van der Waals surface area contributed by atoms with E-state index in [0.29, 0.717) is 17.2 Å². The molecule has 7 nitrogen and oxygen atoms in total. The first-order valence-corrected chi connectivity index (χ1v) is 8.32. The molecule has 1 saturated heterocycles. The van der Waals surface area contributed by atoms with Crippen LogP contribution in [0.4, 0.5) is 5.82 Å². The summed E-state index contributed by atoms with van der Waals surface area (Å²) in [7, 11) is 0. The third-order valence-corrected chi connectivity index (χ3v) is 4.10. The van der Waals surface area contributed by atoms with Crippen LogP contribution in [0.2, 0.25) is 5.02 Å². The van der Waals surface area contributed by atoms with Gasteiger partial charge in [-0.2, -0.15) is 5.10 Å². The molecule has 2 aromatic heterocycles. The van der Waals surface area contributed by atoms with Gasteiger partial charge in [-0.1, -0.05) is 11.6 Å². The monoisotopic (exact) mass is 349 g/mol. The van der Waals surface area contributed by atoms with E-state index in [1.807, 2.05) is 16.9 Å². The minimum absolute atomic E-state index is 0.334. The van der Waals surface area contributed by atoms with Gasteiger partial charge in [0.05, 0.1) is 30.1 Å². The number of aromatic nitrogens is 3. The highest BCUT2D eigenvalue weighted by atomic mass is 35.5. The molecular formula is C16H20ClN5O2. The second-order valence-corrected chi connectivity index (χ2v) is 6.01. The number of hydrogen-bond donors (Lipinski definition) is 0. The van der Waals surface area contributed by atoms with E-state index in [1.54, 1.807) is 25.4 Å². The second-order valence-electron chi connectivity index (χ2n) is 5.57. The van der Waals surface area contributed by atoms with E-state index in [0.717, 1.165) is 38.7 Å². The highest BCUT2D eigenvalue weighted by Crippen LogP contribution is 2.15. The van der Waals surface area contributed by atoms with Gasteiger partial charge in [-0.05, 0) is 19.1 Å². The lowest BCUT2D eigenvalue weighted by Gasteiger charge is -2.35. The Labute approximate surface area is 145 Å². The van der Waals surface area contributed by atoms with Gasteiger partial charge in [0.15, 0.2) is 0 Å². The van der Waals surface area contributed by atoms with Gasteiger partial charge < -0.3 is 9.64 Å². The minimum atomic E-state index is -0.334. The molecule has 0 spiro atoms. The summed E-state index contributed by atoms with van der Waals surface area (Å²) in [6.45, 7) is 6.47. The van der Waals surface area contributed by atoms with Gasteiger partial charge in [0, 0.05) is 38.6 Å². The highest BCUT2D eigenvalue weighted by Gasteiger charge is 2.19. The van der Waals surface area contributed by atoms with Crippen LogP contribution < -0.4 is 4.90 Å². The average molecular weight is 350 g/mol. The summed E-state index contributed by atoms with van der Waals surface area (Å²) in [6.07, 6.45) is 5.04. The molecule has 1 aliphatic rings. The average Bonchev–Trinajstić information content (AvgIpc) is 3.01. The van der Waals surface area contributed by atoms with E-state index >= 15 is 0 Å². The summed E-state index contributed by atoms with van der Waals surface area (Å²) >= 11 is 5.88. The van der Waals surface area contributed by atoms with Gasteiger partial charge in [0.1, 0.15) is 5.82 Å². The zero-order chi connectivity index (χ0) is 16.9. The fourth-order valence-corrected chi connectivity index (χ4v) is 2.80. The number of hydrogen-bond acceptors (Lipinski definition) is 6. The van der Waals surface area contributed by atoms with Gasteiger partial charge in [-0.25, -0.2) is 9.78 Å². The largest absolute Gasteiger partial charge is 0.462 e. The van der Waals surface area contributed by atoms with Crippen molar-refractivity contribution in [2.75, 3.05) is 37.7 Å². The molecule has 2 aromatic rings. The van der Waals surface area contributed by atoms with Crippen LogP contribution in [-0.2, 0) is 11.4 Å². The van der Waals surface area contributed by atoms with Crippen molar-refractivity contribution >= 4 is 23.4 Å². The normalized spacial score (nSPS) is 15.5. The number of carbonyl (C=O) groups excluding carboxylic acids is 1. The maximum atomic E-state index is 11.7. The number of pyridine rings is 1. The summed E-state index contributed by atoms with van der Waals surface area (Å²) in [5.41, 5.74) is 0.481. The minimum Gasteiger partial charge on any atom is -0.462 e. The van der Waals surface area contributed by atoms with Crippen LogP contribution in [0, 0.1) is 0 Å². The number of esters is 1. The first-order valence-electron chi connectivity index (χ1n) is 7.94. The summed E-state index contributed by atoms with van der Waals surface area (Å²) < 4.78 is 6.81. The standard InChI is InChI=1S/C16H20ClN5O2/c1-2-24-16(23)13-3-4-15(18-9-13)21-7-5-20(6-8-21)12-22-11-14(17)10-19-22/h3-4,9-11H,2,5-8,12H2,1H3. The van der Waals surface area contributed by atoms with Crippen molar-refractivity contribution in [3.8, 4) is 0 Å². The zero-order valence-corrected chi connectivity index (χ0v) is 14.3. The Kier molecular flexibility index (Phi) is 5.32. The smallest absolute Gasteiger partial charge is 0.339 e. The Balaban J connectivity index is 1.53. The maximum Gasteiger partial charge on any atom is 0.339 e. The lowest BCUT2D eigenvalue weighted by Crippen LogP contribution is -2.47. The van der Waals surface area contributed by atoms with Crippen molar-refractivity contribution in [2.45, 2.75) is 13.6 Å². The summed E-state index contributed by atoms with van der Waals surface area (Å²) in [6, 6.07) is 3.63. The fourth-order valence-electron chi connectivity index (χ4n) is 2.65. The molecular weight excluding hydrogens is 330 g/mol. The summed E-state index contributed by atoms with van der Waals surface area (Å²) in [4.78, 5) is 20.6. The molecule has 0 atom stereocenters. The molecule has 0 aromatic carbocycles. The Morgan fingerprint density at radius 1 is 1.25 bits per heavy atom. The quantitative estimate of drug-likeness (QED) is 0.768. The Bertz CT molecular complexity index is 680. The molecule has 0 unspecified atom stereocenters. The SMILES string of the molecule is CCOC(=O)c1ccc(N2CCN(Cn3cc(Cl)cn3)CC2)nc1. The first-order chi connectivity index (χ1) is 11.7. The number of halogens is 1. The van der Waals surface area contributed by atoms with Crippen LogP contribution in [-0.4, -0.2) is 58.4 Å². The number of piperazine rings is 1. The predicted molar refractivity (Wildman–Crippen MR) is 91.2 cm³/mol. The highest BCUT2D eigenvalue weighted by molar-refractivity contribution is 6.30. The number of anilines is 1. The van der Waals surface area contributed by atoms with Gasteiger partial charge in [-0.15, -0.1) is 0 Å². The van der Waals surface area contributed by atoms with Crippen molar-refractivity contribution in [2.24, 2.45) is 0 Å². The van der Waals surface area contributed by atoms with Crippen LogP contribution in [0.3, 0.4) is 0 Å². The third kappa shape index (κ3) is 4.04. The van der Waals surface area contributed by atoms with E-state index in [9.17, 15) is 4.79 Å². The van der Waals surface area contributed by atoms with Crippen molar-refractivity contribution < 1.29 is 9.53 Å². The number of carbonyl (C=O) groups is 1. The molecule has 0 radical (unpaired) electrons. The molecule has 24 heavy (non-hydrogen) atoms. The first kappa shape index (κ1) is 16.7. The zero-order valence-electron chi connectivity index (χ0n) is 13.6. The molecule has 0 aliphatic carbocycles. The lowest BCUT2D eigenvalue weighted by molar-refractivity contribution is 0.0526. The molecule has 128 valence electrons. The second kappa shape index (κ2) is 7.63. The molecule has 8 heteroatoms. The van der Waals surface area contributed by atoms with Gasteiger partial charge in [0.25, 0.3) is 0 Å². The van der Waals surface area contributed by atoms with Crippen LogP contribution in [0.1, 0.15) is 17.3 Å². The Hall–Kier alpha value is -2.12. The Morgan fingerprint density at radius 2 is 2.04 bits per heavy atom. The molecule has 0 saturated carbocycles. The van der Waals surface area contributed by atoms with Crippen LogP contribution in [0.15, 0.2) is 30.7 Å². The van der Waals surface area contributed by atoms with Gasteiger partial charge in [0.2, 0.25) is 0 Å². The van der Waals surface area contributed by atoms with Crippen LogP contribution >= 0.6 is 11.6 Å². The third-order valence-electron chi connectivity index (χ3n) is 3.90. The predicted octanol–water partition coefficient (Wildman–Crippen LogP) is 1.89. The van der Waals surface area contributed by atoms with Gasteiger partial charge >= 0.3 is 5.97 Å². The van der Waals surface area contributed by atoms with E-state index in [1.165, 1.54) is 0 Å². The molecule has 1 aliphatic heterocycles. The molecule has 3 heterocycles. The number of rotatable bonds is 5. The van der Waals surface area contributed by atoms with Crippen molar-refractivity contribution in [3.63, 3.8) is 0 Å². The number of nitrogens with zero attached hydrogens (tertiary/aromatic N) is 5. The number of ether oxygens (including phenoxy) is 1. The molecule has 0 N–H and O–H groups in total. The Morgan fingerprint density at radius 3 is 2.62 bits per heavy atom. The summed E-state index contributed by atoms with van der Waals surface area (Å²) in [5.74, 6) is 0.545. The van der Waals surface area contributed by atoms with Crippen molar-refractivity contribution in [1.82, 2.24) is 19.7 Å². The van der Waals surface area contributed by atoms with E-state index in [2.05, 4.69) is 19.9 Å². The molecule has 0 amide bonds. The molecule has 1 fully saturated rings. The van der Waals surface area contributed by atoms with Crippen LogP contribution in [0.25, 0.3) is 0 Å². The fraction of sp³-hybridized carbons (Fsp3) is 0.438. The lowest BCUT2D eigenvalue weighted by atomic mass is 10.2. The molecule has 0 bridgehead atoms.